The van der Waals surface area contributed by atoms with E-state index in [1.807, 2.05) is 0 Å². The van der Waals surface area contributed by atoms with Crippen LogP contribution < -0.4 is 0 Å². The molecule has 0 amide bonds. The lowest BCUT2D eigenvalue weighted by molar-refractivity contribution is -0.144. The van der Waals surface area contributed by atoms with Crippen LogP contribution in [0.15, 0.2) is 12.7 Å². The van der Waals surface area contributed by atoms with E-state index in [2.05, 4.69) is 25.6 Å². The minimum absolute atomic E-state index is 0.108. The van der Waals surface area contributed by atoms with Gasteiger partial charge in [-0.1, -0.05) is 6.58 Å². The molecule has 0 aromatic carbocycles. The first kappa shape index (κ1) is 11.2. The third kappa shape index (κ3) is 3.14. The van der Waals surface area contributed by atoms with Crippen molar-refractivity contribution in [2.75, 3.05) is 14.1 Å². The standard InChI is InChI=1S/C11H19NO2/c1-4-11(13)14-10-7-5-9(6-8-10)12(2)3/h4,9-10H,1,5-8H2,2-3H3. The largest absolute Gasteiger partial charge is 0.459 e. The normalized spacial score (nSPS) is 27.4. The fourth-order valence-corrected chi connectivity index (χ4v) is 1.89. The first-order valence-corrected chi connectivity index (χ1v) is 5.13. The number of carbonyl (C=O) groups is 1. The Morgan fingerprint density at radius 2 is 1.93 bits per heavy atom. The molecule has 3 nitrogen and oxygen atoms in total. The summed E-state index contributed by atoms with van der Waals surface area (Å²) < 4.78 is 5.19. The van der Waals surface area contributed by atoms with Gasteiger partial charge in [0.1, 0.15) is 6.10 Å². The molecule has 1 aliphatic carbocycles. The Labute approximate surface area is 85.7 Å². The van der Waals surface area contributed by atoms with Crippen molar-refractivity contribution < 1.29 is 9.53 Å². The highest BCUT2D eigenvalue weighted by atomic mass is 16.5. The van der Waals surface area contributed by atoms with E-state index < -0.39 is 0 Å². The SMILES string of the molecule is C=CC(=O)OC1CCC(N(C)C)CC1. The molecule has 14 heavy (non-hydrogen) atoms. The smallest absolute Gasteiger partial charge is 0.330 e. The van der Waals surface area contributed by atoms with Gasteiger partial charge in [-0.15, -0.1) is 0 Å². The van der Waals surface area contributed by atoms with Crippen LogP contribution in [-0.4, -0.2) is 37.1 Å². The average molecular weight is 197 g/mol. The number of esters is 1. The molecule has 0 unspecified atom stereocenters. The van der Waals surface area contributed by atoms with Gasteiger partial charge in [-0.25, -0.2) is 4.79 Å². The second kappa shape index (κ2) is 5.15. The highest BCUT2D eigenvalue weighted by Crippen LogP contribution is 2.23. The van der Waals surface area contributed by atoms with Gasteiger partial charge in [0.05, 0.1) is 0 Å². The van der Waals surface area contributed by atoms with Gasteiger partial charge in [-0.05, 0) is 39.8 Å². The van der Waals surface area contributed by atoms with Crippen molar-refractivity contribution in [1.29, 1.82) is 0 Å². The van der Waals surface area contributed by atoms with Crippen LogP contribution in [-0.2, 0) is 9.53 Å². The van der Waals surface area contributed by atoms with Crippen molar-refractivity contribution in [3.8, 4) is 0 Å². The van der Waals surface area contributed by atoms with Crippen LogP contribution >= 0.6 is 0 Å². The minimum Gasteiger partial charge on any atom is -0.459 e. The molecule has 0 bridgehead atoms. The monoisotopic (exact) mass is 197 g/mol. The summed E-state index contributed by atoms with van der Waals surface area (Å²) in [5, 5.41) is 0. The van der Waals surface area contributed by atoms with E-state index in [9.17, 15) is 4.79 Å². The van der Waals surface area contributed by atoms with E-state index in [1.165, 1.54) is 6.08 Å². The summed E-state index contributed by atoms with van der Waals surface area (Å²) in [6.45, 7) is 3.39. The maximum Gasteiger partial charge on any atom is 0.330 e. The van der Waals surface area contributed by atoms with Crippen LogP contribution in [0.2, 0.25) is 0 Å². The van der Waals surface area contributed by atoms with Gasteiger partial charge in [-0.3, -0.25) is 0 Å². The molecule has 0 aromatic heterocycles. The molecular formula is C11H19NO2. The van der Waals surface area contributed by atoms with E-state index in [4.69, 9.17) is 4.74 Å². The number of ether oxygens (including phenoxy) is 1. The highest BCUT2D eigenvalue weighted by molar-refractivity contribution is 5.81. The summed E-state index contributed by atoms with van der Waals surface area (Å²) in [6, 6.07) is 0.647. The van der Waals surface area contributed by atoms with Crippen molar-refractivity contribution in [2.24, 2.45) is 0 Å². The first-order valence-electron chi connectivity index (χ1n) is 5.13. The molecule has 0 spiro atoms. The summed E-state index contributed by atoms with van der Waals surface area (Å²) in [7, 11) is 4.20. The van der Waals surface area contributed by atoms with Crippen molar-refractivity contribution >= 4 is 5.97 Å². The Bertz CT molecular complexity index is 205. The average Bonchev–Trinajstić information content (AvgIpc) is 2.18. The summed E-state index contributed by atoms with van der Waals surface area (Å²) >= 11 is 0. The second-order valence-corrected chi connectivity index (χ2v) is 4.04. The number of carbonyl (C=O) groups excluding carboxylic acids is 1. The van der Waals surface area contributed by atoms with E-state index >= 15 is 0 Å². The van der Waals surface area contributed by atoms with E-state index in [1.54, 1.807) is 0 Å². The van der Waals surface area contributed by atoms with Crippen LogP contribution in [0.4, 0.5) is 0 Å². The molecule has 0 atom stereocenters. The van der Waals surface area contributed by atoms with E-state index in [0.717, 1.165) is 25.7 Å². The maximum absolute atomic E-state index is 10.9. The molecule has 1 saturated carbocycles. The van der Waals surface area contributed by atoms with Crippen molar-refractivity contribution in [3.05, 3.63) is 12.7 Å². The fraction of sp³-hybridized carbons (Fsp3) is 0.727. The minimum atomic E-state index is -0.293. The molecule has 0 radical (unpaired) electrons. The van der Waals surface area contributed by atoms with Gasteiger partial charge >= 0.3 is 5.97 Å². The number of nitrogens with zero attached hydrogens (tertiary/aromatic N) is 1. The zero-order valence-corrected chi connectivity index (χ0v) is 9.03. The fourth-order valence-electron chi connectivity index (χ4n) is 1.89. The van der Waals surface area contributed by atoms with Gasteiger partial charge < -0.3 is 9.64 Å². The van der Waals surface area contributed by atoms with Gasteiger partial charge in [0.15, 0.2) is 0 Å². The van der Waals surface area contributed by atoms with Crippen LogP contribution in [0.25, 0.3) is 0 Å². The lowest BCUT2D eigenvalue weighted by Gasteiger charge is -2.32. The van der Waals surface area contributed by atoms with E-state index in [0.29, 0.717) is 6.04 Å². The zero-order chi connectivity index (χ0) is 10.6. The Morgan fingerprint density at radius 1 is 1.36 bits per heavy atom. The summed E-state index contributed by atoms with van der Waals surface area (Å²) in [6.07, 6.45) is 5.52. The molecule has 0 aliphatic heterocycles. The molecule has 0 heterocycles. The Kier molecular flexibility index (Phi) is 4.14. The predicted molar refractivity (Wildman–Crippen MR) is 56.0 cm³/mol. The Morgan fingerprint density at radius 3 is 2.36 bits per heavy atom. The highest BCUT2D eigenvalue weighted by Gasteiger charge is 2.24. The molecule has 0 aromatic rings. The van der Waals surface area contributed by atoms with E-state index in [-0.39, 0.29) is 12.1 Å². The molecule has 80 valence electrons. The molecule has 1 aliphatic rings. The molecule has 1 rings (SSSR count). The molecule has 1 fully saturated rings. The number of hydrogen-bond acceptors (Lipinski definition) is 3. The lowest BCUT2D eigenvalue weighted by Crippen LogP contribution is -2.35. The maximum atomic E-state index is 10.9. The van der Waals surface area contributed by atoms with Crippen molar-refractivity contribution in [1.82, 2.24) is 4.90 Å². The quantitative estimate of drug-likeness (QED) is 0.508. The third-order valence-corrected chi connectivity index (χ3v) is 2.82. The summed E-state index contributed by atoms with van der Waals surface area (Å²) in [5.41, 5.74) is 0. The predicted octanol–water partition coefficient (Wildman–Crippen LogP) is 1.59. The van der Waals surface area contributed by atoms with Crippen LogP contribution in [0, 0.1) is 0 Å². The molecule has 0 N–H and O–H groups in total. The Hall–Kier alpha value is -0.830. The third-order valence-electron chi connectivity index (χ3n) is 2.82. The molecule has 0 saturated heterocycles. The van der Waals surface area contributed by atoms with Gasteiger partial charge in [-0.2, -0.15) is 0 Å². The molecular weight excluding hydrogens is 178 g/mol. The zero-order valence-electron chi connectivity index (χ0n) is 9.03. The van der Waals surface area contributed by atoms with Crippen molar-refractivity contribution in [3.63, 3.8) is 0 Å². The van der Waals surface area contributed by atoms with Crippen molar-refractivity contribution in [2.45, 2.75) is 37.8 Å². The lowest BCUT2D eigenvalue weighted by atomic mass is 9.92. The van der Waals surface area contributed by atoms with Gasteiger partial charge in [0.25, 0.3) is 0 Å². The second-order valence-electron chi connectivity index (χ2n) is 4.04. The number of hydrogen-bond donors (Lipinski definition) is 0. The van der Waals surface area contributed by atoms with Crippen LogP contribution in [0.5, 0.6) is 0 Å². The topological polar surface area (TPSA) is 29.5 Å². The summed E-state index contributed by atoms with van der Waals surface area (Å²) in [4.78, 5) is 13.2. The summed E-state index contributed by atoms with van der Waals surface area (Å²) in [5.74, 6) is -0.293. The van der Waals surface area contributed by atoms with Crippen LogP contribution in [0.3, 0.4) is 0 Å². The van der Waals surface area contributed by atoms with Gasteiger partial charge in [0, 0.05) is 12.1 Å². The van der Waals surface area contributed by atoms with Crippen LogP contribution in [0.1, 0.15) is 25.7 Å². The molecule has 3 heteroatoms. The first-order chi connectivity index (χ1) is 6.63. The van der Waals surface area contributed by atoms with Gasteiger partial charge in [0.2, 0.25) is 0 Å². The Balaban J connectivity index is 2.28. The number of rotatable bonds is 3.